The summed E-state index contributed by atoms with van der Waals surface area (Å²) < 4.78 is 17.3. The molecule has 0 fully saturated rings. The molecule has 0 bridgehead atoms. The van der Waals surface area contributed by atoms with Gasteiger partial charge in [-0.3, -0.25) is 14.9 Å². The van der Waals surface area contributed by atoms with Gasteiger partial charge in [0, 0.05) is 23.3 Å². The van der Waals surface area contributed by atoms with E-state index in [1.807, 2.05) is 60.7 Å². The lowest BCUT2D eigenvalue weighted by Gasteiger charge is -2.22. The molecule has 1 unspecified atom stereocenters. The molecule has 1 atom stereocenters. The van der Waals surface area contributed by atoms with Crippen LogP contribution in [-0.4, -0.2) is 35.2 Å². The van der Waals surface area contributed by atoms with Crippen molar-refractivity contribution in [3.8, 4) is 0 Å². The highest BCUT2D eigenvalue weighted by Gasteiger charge is 2.29. The molecule has 0 saturated carbocycles. The Morgan fingerprint density at radius 3 is 2.00 bits per heavy atom. The molecule has 2 aromatic rings. The van der Waals surface area contributed by atoms with Crippen LogP contribution in [-0.2, 0) is 30.3 Å². The van der Waals surface area contributed by atoms with E-state index in [0.717, 1.165) is 23.3 Å². The Kier molecular flexibility index (Phi) is 7.79. The summed E-state index contributed by atoms with van der Waals surface area (Å²) in [6.07, 6.45) is 1.79. The molecule has 2 aromatic carbocycles. The third kappa shape index (κ3) is 6.40. The Bertz CT molecular complexity index is 768. The maximum atomic E-state index is 12.9. The maximum Gasteiger partial charge on any atom is 0.330 e. The average Bonchev–Trinajstić information content (AvgIpc) is 2.67. The van der Waals surface area contributed by atoms with Crippen LogP contribution in [0.2, 0.25) is 0 Å². The van der Waals surface area contributed by atoms with Crippen molar-refractivity contribution < 1.29 is 23.7 Å². The Hall–Kier alpha value is -2.90. The van der Waals surface area contributed by atoms with Gasteiger partial charge in [-0.2, -0.15) is 0 Å². The topological polar surface area (TPSA) is 95.5 Å². The molecule has 0 spiro atoms. The first-order valence-corrected chi connectivity index (χ1v) is 9.46. The molecular formula is C20H19NO5S. The zero-order valence-corrected chi connectivity index (χ0v) is 15.5. The van der Waals surface area contributed by atoms with Crippen molar-refractivity contribution in [2.24, 2.45) is 0 Å². The van der Waals surface area contributed by atoms with E-state index in [1.54, 1.807) is 0 Å². The van der Waals surface area contributed by atoms with E-state index in [9.17, 15) is 18.9 Å². The van der Waals surface area contributed by atoms with Gasteiger partial charge in [0.1, 0.15) is 0 Å². The van der Waals surface area contributed by atoms with Gasteiger partial charge in [-0.25, -0.2) is 4.79 Å². The van der Waals surface area contributed by atoms with Crippen LogP contribution >= 0.6 is 0 Å². The molecule has 0 aliphatic rings. The van der Waals surface area contributed by atoms with Crippen LogP contribution < -0.4 is 5.32 Å². The number of imide groups is 1. The monoisotopic (exact) mass is 385 g/mol. The van der Waals surface area contributed by atoms with Crippen LogP contribution in [0, 0.1) is 0 Å². The number of nitrogens with one attached hydrogen (secondary N) is 1. The highest BCUT2D eigenvalue weighted by Crippen LogP contribution is 2.30. The van der Waals surface area contributed by atoms with Crippen LogP contribution in [0.15, 0.2) is 72.8 Å². The standard InChI is InChI=1S/C20H19NO5S/c1-26-19(24)13-12-17(22)21-18(23)14-27(25)20(15-8-4-2-5-9-15)16-10-6-3-7-11-16/h2-13,20H,14H2,1H3,(H,21,22,23)/b13-12+. The number of methoxy groups -OCH3 is 1. The van der Waals surface area contributed by atoms with Gasteiger partial charge in [0.25, 0.3) is 11.8 Å². The molecule has 0 aliphatic carbocycles. The quantitative estimate of drug-likeness (QED) is 0.446. The first kappa shape index (κ1) is 20.4. The fraction of sp³-hybridized carbons (Fsp3) is 0.150. The average molecular weight is 385 g/mol. The minimum Gasteiger partial charge on any atom is -0.615 e. The van der Waals surface area contributed by atoms with Crippen molar-refractivity contribution in [3.05, 3.63) is 83.9 Å². The Morgan fingerprint density at radius 1 is 1.00 bits per heavy atom. The molecule has 0 saturated heterocycles. The molecule has 7 heteroatoms. The van der Waals surface area contributed by atoms with Gasteiger partial charge < -0.3 is 9.29 Å². The van der Waals surface area contributed by atoms with Crippen molar-refractivity contribution >= 4 is 29.0 Å². The number of hydrogen-bond donors (Lipinski definition) is 1. The molecular weight excluding hydrogens is 366 g/mol. The predicted octanol–water partition coefficient (Wildman–Crippen LogP) is 1.90. The van der Waals surface area contributed by atoms with Gasteiger partial charge in [0.15, 0.2) is 11.0 Å². The van der Waals surface area contributed by atoms with Crippen LogP contribution in [0.3, 0.4) is 0 Å². The fourth-order valence-corrected chi connectivity index (χ4v) is 3.81. The van der Waals surface area contributed by atoms with Crippen molar-refractivity contribution in [3.63, 3.8) is 0 Å². The predicted molar refractivity (Wildman–Crippen MR) is 102 cm³/mol. The zero-order valence-electron chi connectivity index (χ0n) is 14.7. The molecule has 0 aromatic heterocycles. The summed E-state index contributed by atoms with van der Waals surface area (Å²) in [5.41, 5.74) is 1.62. The third-order valence-corrected chi connectivity index (χ3v) is 5.19. The van der Waals surface area contributed by atoms with Crippen molar-refractivity contribution in [2.45, 2.75) is 5.25 Å². The highest BCUT2D eigenvalue weighted by atomic mass is 32.2. The summed E-state index contributed by atoms with van der Waals surface area (Å²) in [5.74, 6) is -2.54. The number of rotatable bonds is 7. The first-order valence-electron chi connectivity index (χ1n) is 8.08. The van der Waals surface area contributed by atoms with Crippen molar-refractivity contribution in [2.75, 3.05) is 12.9 Å². The number of esters is 1. The molecule has 6 nitrogen and oxygen atoms in total. The summed E-state index contributed by atoms with van der Waals surface area (Å²) in [6.45, 7) is 0. The van der Waals surface area contributed by atoms with Crippen LogP contribution in [0.1, 0.15) is 16.4 Å². The zero-order chi connectivity index (χ0) is 19.6. The first-order chi connectivity index (χ1) is 13.0. The van der Waals surface area contributed by atoms with E-state index in [1.165, 1.54) is 7.11 Å². The van der Waals surface area contributed by atoms with Crippen molar-refractivity contribution in [1.29, 1.82) is 0 Å². The number of hydrogen-bond acceptors (Lipinski definition) is 5. The number of ether oxygens (including phenoxy) is 1. The molecule has 0 aliphatic heterocycles. The van der Waals surface area contributed by atoms with Gasteiger partial charge >= 0.3 is 5.97 Å². The highest BCUT2D eigenvalue weighted by molar-refractivity contribution is 7.92. The maximum absolute atomic E-state index is 12.9. The van der Waals surface area contributed by atoms with E-state index in [4.69, 9.17) is 0 Å². The van der Waals surface area contributed by atoms with Gasteiger partial charge in [-0.1, -0.05) is 60.7 Å². The van der Waals surface area contributed by atoms with Crippen LogP contribution in [0.25, 0.3) is 0 Å². The van der Waals surface area contributed by atoms with E-state index in [0.29, 0.717) is 0 Å². The second-order valence-corrected chi connectivity index (χ2v) is 7.02. The Labute approximate surface area is 160 Å². The lowest BCUT2D eigenvalue weighted by molar-refractivity contribution is -0.135. The summed E-state index contributed by atoms with van der Waals surface area (Å²) >= 11 is -1.60. The molecule has 0 heterocycles. The van der Waals surface area contributed by atoms with Gasteiger partial charge in [-0.15, -0.1) is 0 Å². The van der Waals surface area contributed by atoms with E-state index >= 15 is 0 Å². The van der Waals surface area contributed by atoms with Crippen LogP contribution in [0.4, 0.5) is 0 Å². The molecule has 2 rings (SSSR count). The number of carbonyl (C=O) groups is 3. The van der Waals surface area contributed by atoms with Crippen molar-refractivity contribution in [1.82, 2.24) is 5.32 Å². The smallest absolute Gasteiger partial charge is 0.330 e. The third-order valence-electron chi connectivity index (χ3n) is 3.58. The van der Waals surface area contributed by atoms with E-state index < -0.39 is 34.2 Å². The minimum atomic E-state index is -1.60. The summed E-state index contributed by atoms with van der Waals surface area (Å²) in [7, 11) is 1.17. The largest absolute Gasteiger partial charge is 0.615 e. The SMILES string of the molecule is COC(=O)/C=C/C(=O)NC(=O)C[S+]([O-])C(c1ccccc1)c1ccccc1. The van der Waals surface area contributed by atoms with E-state index in [2.05, 4.69) is 10.1 Å². The normalized spacial score (nSPS) is 12.0. The van der Waals surface area contributed by atoms with Gasteiger partial charge in [0.2, 0.25) is 0 Å². The lowest BCUT2D eigenvalue weighted by Crippen LogP contribution is -2.35. The number of amides is 2. The summed E-state index contributed by atoms with van der Waals surface area (Å²) in [5, 5.41) is 1.58. The molecule has 0 radical (unpaired) electrons. The molecule has 27 heavy (non-hydrogen) atoms. The number of carbonyl (C=O) groups excluding carboxylic acids is 3. The fourth-order valence-electron chi connectivity index (χ4n) is 2.39. The van der Waals surface area contributed by atoms with Gasteiger partial charge in [-0.05, 0) is 11.2 Å². The van der Waals surface area contributed by atoms with Gasteiger partial charge in [0.05, 0.1) is 7.11 Å². The minimum absolute atomic E-state index is 0.355. The number of benzene rings is 2. The second-order valence-electron chi connectivity index (χ2n) is 5.50. The second kappa shape index (κ2) is 10.3. The Balaban J connectivity index is 2.09. The molecule has 140 valence electrons. The van der Waals surface area contributed by atoms with Crippen LogP contribution in [0.5, 0.6) is 0 Å². The molecule has 2 amide bonds. The lowest BCUT2D eigenvalue weighted by atomic mass is 10.0. The summed E-state index contributed by atoms with van der Waals surface area (Å²) in [6, 6.07) is 18.4. The Morgan fingerprint density at radius 2 is 1.52 bits per heavy atom. The van der Waals surface area contributed by atoms with E-state index in [-0.39, 0.29) is 5.75 Å². The summed E-state index contributed by atoms with van der Waals surface area (Å²) in [4.78, 5) is 34.7. The molecule has 1 N–H and O–H groups in total.